The molecule has 0 aliphatic heterocycles. The Morgan fingerprint density at radius 1 is 1.33 bits per heavy atom. The Balaban J connectivity index is 3.13. The second-order valence-electron chi connectivity index (χ2n) is 2.51. The van der Waals surface area contributed by atoms with Crippen LogP contribution in [0.15, 0.2) is 29.3 Å². The van der Waals surface area contributed by atoms with Gasteiger partial charge < -0.3 is 4.74 Å². The van der Waals surface area contributed by atoms with E-state index in [0.717, 1.165) is 17.0 Å². The number of hydrogen-bond donors (Lipinski definition) is 0. The van der Waals surface area contributed by atoms with E-state index in [9.17, 15) is 0 Å². The zero-order valence-corrected chi connectivity index (χ0v) is 7.66. The molecular formula is C10H13NO. The van der Waals surface area contributed by atoms with E-state index in [2.05, 4.69) is 4.99 Å². The lowest BCUT2D eigenvalue weighted by molar-refractivity contribution is 0.414. The van der Waals surface area contributed by atoms with E-state index in [1.54, 1.807) is 14.2 Å². The fraction of sp³-hybridized carbons (Fsp3) is 0.300. The molecule has 0 spiro atoms. The third-order valence-electron chi connectivity index (χ3n) is 1.83. The Bertz CT molecular complexity index is 292. The largest absolute Gasteiger partial charge is 0.496 e. The molecule has 0 N–H and O–H groups in total. The third-order valence-corrected chi connectivity index (χ3v) is 1.83. The second-order valence-corrected chi connectivity index (χ2v) is 2.51. The molecule has 1 aromatic carbocycles. The molecule has 0 unspecified atom stereocenters. The minimum atomic E-state index is 0.876. The molecule has 0 bridgehead atoms. The van der Waals surface area contributed by atoms with Crippen molar-refractivity contribution in [3.8, 4) is 5.75 Å². The van der Waals surface area contributed by atoms with Gasteiger partial charge in [-0.05, 0) is 19.1 Å². The van der Waals surface area contributed by atoms with Crippen LogP contribution in [0.5, 0.6) is 5.75 Å². The lowest BCUT2D eigenvalue weighted by Crippen LogP contribution is -1.97. The molecule has 0 atom stereocenters. The third kappa shape index (κ3) is 1.64. The van der Waals surface area contributed by atoms with Crippen LogP contribution in [0.4, 0.5) is 0 Å². The van der Waals surface area contributed by atoms with Gasteiger partial charge in [-0.1, -0.05) is 12.1 Å². The van der Waals surface area contributed by atoms with Crippen LogP contribution < -0.4 is 4.74 Å². The number of nitrogens with zero attached hydrogens (tertiary/aromatic N) is 1. The van der Waals surface area contributed by atoms with Gasteiger partial charge >= 0.3 is 0 Å². The van der Waals surface area contributed by atoms with Crippen molar-refractivity contribution in [1.29, 1.82) is 0 Å². The number of methoxy groups -OCH3 is 1. The summed E-state index contributed by atoms with van der Waals surface area (Å²) in [5, 5.41) is 0. The van der Waals surface area contributed by atoms with Gasteiger partial charge in [0.1, 0.15) is 5.75 Å². The molecule has 0 saturated heterocycles. The fourth-order valence-corrected chi connectivity index (χ4v) is 1.06. The number of rotatable bonds is 2. The molecule has 1 rings (SSSR count). The van der Waals surface area contributed by atoms with Crippen LogP contribution in [-0.4, -0.2) is 19.9 Å². The highest BCUT2D eigenvalue weighted by molar-refractivity contribution is 6.00. The average molecular weight is 163 g/mol. The van der Waals surface area contributed by atoms with Gasteiger partial charge in [-0.25, -0.2) is 0 Å². The molecule has 0 heterocycles. The van der Waals surface area contributed by atoms with E-state index in [4.69, 9.17) is 4.74 Å². The van der Waals surface area contributed by atoms with Crippen molar-refractivity contribution in [3.05, 3.63) is 29.8 Å². The normalized spacial score (nSPS) is 11.4. The quantitative estimate of drug-likeness (QED) is 0.612. The van der Waals surface area contributed by atoms with Crippen LogP contribution in [0.25, 0.3) is 0 Å². The van der Waals surface area contributed by atoms with Gasteiger partial charge in [0, 0.05) is 18.3 Å². The van der Waals surface area contributed by atoms with Gasteiger partial charge in [0.05, 0.1) is 7.11 Å². The maximum absolute atomic E-state index is 5.19. The zero-order valence-electron chi connectivity index (χ0n) is 7.66. The molecule has 1 aromatic rings. The van der Waals surface area contributed by atoms with Gasteiger partial charge in [0.2, 0.25) is 0 Å². The van der Waals surface area contributed by atoms with Gasteiger partial charge in [-0.3, -0.25) is 4.99 Å². The lowest BCUT2D eigenvalue weighted by Gasteiger charge is -2.06. The standard InChI is InChI=1S/C10H13NO/c1-8(11-2)9-6-4-5-7-10(9)12-3/h4-7H,1-3H3/b11-8-. The van der Waals surface area contributed by atoms with E-state index in [1.165, 1.54) is 0 Å². The van der Waals surface area contributed by atoms with Crippen molar-refractivity contribution in [3.63, 3.8) is 0 Å². The average Bonchev–Trinajstić information content (AvgIpc) is 2.16. The summed E-state index contributed by atoms with van der Waals surface area (Å²) in [6.07, 6.45) is 0. The Hall–Kier alpha value is -1.31. The molecule has 64 valence electrons. The van der Waals surface area contributed by atoms with E-state index in [-0.39, 0.29) is 0 Å². The van der Waals surface area contributed by atoms with Crippen LogP contribution in [0.3, 0.4) is 0 Å². The van der Waals surface area contributed by atoms with Crippen molar-refractivity contribution in [2.45, 2.75) is 6.92 Å². The van der Waals surface area contributed by atoms with Gasteiger partial charge in [-0.15, -0.1) is 0 Å². The number of hydrogen-bond acceptors (Lipinski definition) is 2. The number of para-hydroxylation sites is 1. The molecule has 0 saturated carbocycles. The van der Waals surface area contributed by atoms with Crippen LogP contribution in [0.1, 0.15) is 12.5 Å². The molecule has 0 aromatic heterocycles. The first-order valence-corrected chi connectivity index (χ1v) is 3.86. The zero-order chi connectivity index (χ0) is 8.97. The first kappa shape index (κ1) is 8.78. The molecule has 2 heteroatoms. The molecule has 0 aliphatic carbocycles. The maximum atomic E-state index is 5.19. The summed E-state index contributed by atoms with van der Waals surface area (Å²) in [5.41, 5.74) is 2.05. The van der Waals surface area contributed by atoms with Crippen molar-refractivity contribution in [2.75, 3.05) is 14.2 Å². The Morgan fingerprint density at radius 3 is 2.58 bits per heavy atom. The highest BCUT2D eigenvalue weighted by atomic mass is 16.5. The predicted octanol–water partition coefficient (Wildman–Crippen LogP) is 2.13. The summed E-state index contributed by atoms with van der Waals surface area (Å²) in [4.78, 5) is 4.10. The first-order chi connectivity index (χ1) is 5.79. The van der Waals surface area contributed by atoms with E-state index in [1.807, 2.05) is 31.2 Å². The van der Waals surface area contributed by atoms with E-state index >= 15 is 0 Å². The van der Waals surface area contributed by atoms with Gasteiger partial charge in [-0.2, -0.15) is 0 Å². The molecule has 2 nitrogen and oxygen atoms in total. The summed E-state index contributed by atoms with van der Waals surface area (Å²) in [7, 11) is 3.45. The maximum Gasteiger partial charge on any atom is 0.127 e. The van der Waals surface area contributed by atoms with Crippen LogP contribution in [0.2, 0.25) is 0 Å². The van der Waals surface area contributed by atoms with Crippen molar-refractivity contribution in [1.82, 2.24) is 0 Å². The molecule has 12 heavy (non-hydrogen) atoms. The molecule has 0 aliphatic rings. The van der Waals surface area contributed by atoms with Gasteiger partial charge in [0.15, 0.2) is 0 Å². The Morgan fingerprint density at radius 2 is 2.00 bits per heavy atom. The molecule has 0 amide bonds. The number of ether oxygens (including phenoxy) is 1. The Kier molecular flexibility index (Phi) is 2.86. The highest BCUT2D eigenvalue weighted by Gasteiger charge is 2.02. The van der Waals surface area contributed by atoms with E-state index < -0.39 is 0 Å². The molecule has 0 fully saturated rings. The smallest absolute Gasteiger partial charge is 0.127 e. The summed E-state index contributed by atoms with van der Waals surface area (Å²) in [6.45, 7) is 1.97. The summed E-state index contributed by atoms with van der Waals surface area (Å²) in [6, 6.07) is 7.86. The summed E-state index contributed by atoms with van der Waals surface area (Å²) in [5.74, 6) is 0.876. The Labute approximate surface area is 72.9 Å². The van der Waals surface area contributed by atoms with Crippen LogP contribution in [-0.2, 0) is 0 Å². The van der Waals surface area contributed by atoms with Gasteiger partial charge in [0.25, 0.3) is 0 Å². The second kappa shape index (κ2) is 3.90. The molecular weight excluding hydrogens is 150 g/mol. The van der Waals surface area contributed by atoms with E-state index in [0.29, 0.717) is 0 Å². The van der Waals surface area contributed by atoms with Crippen LogP contribution >= 0.6 is 0 Å². The predicted molar refractivity (Wildman–Crippen MR) is 51.1 cm³/mol. The topological polar surface area (TPSA) is 21.6 Å². The fourth-order valence-electron chi connectivity index (χ4n) is 1.06. The summed E-state index contributed by atoms with van der Waals surface area (Å²) < 4.78 is 5.19. The van der Waals surface area contributed by atoms with Crippen LogP contribution in [0, 0.1) is 0 Å². The SMILES string of the molecule is C/N=C(/C)c1ccccc1OC. The minimum Gasteiger partial charge on any atom is -0.496 e. The highest BCUT2D eigenvalue weighted by Crippen LogP contribution is 2.17. The van der Waals surface area contributed by atoms with Crippen molar-refractivity contribution in [2.24, 2.45) is 4.99 Å². The number of aliphatic imine (C=N–C) groups is 1. The number of benzene rings is 1. The first-order valence-electron chi connectivity index (χ1n) is 3.86. The minimum absolute atomic E-state index is 0.876. The van der Waals surface area contributed by atoms with Crippen molar-refractivity contribution >= 4 is 5.71 Å². The molecule has 0 radical (unpaired) electrons. The monoisotopic (exact) mass is 163 g/mol. The van der Waals surface area contributed by atoms with Crippen molar-refractivity contribution < 1.29 is 4.74 Å². The lowest BCUT2D eigenvalue weighted by atomic mass is 10.1. The summed E-state index contributed by atoms with van der Waals surface area (Å²) >= 11 is 0.